The molecule has 3 rings (SSSR count). The number of fused-ring (bicyclic) bond motifs is 1. The molecule has 3 nitrogen and oxygen atoms in total. The average molecular weight is 286 g/mol. The molecule has 0 unspecified atom stereocenters. The minimum Gasteiger partial charge on any atom is -0.361 e. The van der Waals surface area contributed by atoms with Crippen LogP contribution in [0.15, 0.2) is 48.9 Å². The van der Waals surface area contributed by atoms with Crippen molar-refractivity contribution in [3.05, 3.63) is 65.1 Å². The van der Waals surface area contributed by atoms with Gasteiger partial charge >= 0.3 is 0 Å². The van der Waals surface area contributed by atoms with E-state index in [1.165, 1.54) is 16.5 Å². The molecule has 3 aromatic rings. The number of rotatable bonds is 5. The van der Waals surface area contributed by atoms with Crippen molar-refractivity contribution in [2.75, 3.05) is 6.54 Å². The Labute approximate surface area is 123 Å². The Morgan fingerprint density at radius 2 is 2.20 bits per heavy atom. The van der Waals surface area contributed by atoms with Gasteiger partial charge in [-0.25, -0.2) is 0 Å². The quantitative estimate of drug-likeness (QED) is 0.704. The molecular formula is C16H16ClN3. The van der Waals surface area contributed by atoms with Crippen LogP contribution in [0.25, 0.3) is 10.9 Å². The molecule has 20 heavy (non-hydrogen) atoms. The molecule has 2 heterocycles. The summed E-state index contributed by atoms with van der Waals surface area (Å²) in [7, 11) is 0. The number of nitrogens with zero attached hydrogens (tertiary/aromatic N) is 1. The van der Waals surface area contributed by atoms with Gasteiger partial charge in [0.25, 0.3) is 0 Å². The van der Waals surface area contributed by atoms with E-state index in [0.717, 1.165) is 30.0 Å². The predicted octanol–water partition coefficient (Wildman–Crippen LogP) is 3.55. The Hall–Kier alpha value is -1.84. The zero-order valence-electron chi connectivity index (χ0n) is 11.1. The molecule has 4 heteroatoms. The van der Waals surface area contributed by atoms with E-state index in [0.29, 0.717) is 0 Å². The Bertz CT molecular complexity index is 691. The highest BCUT2D eigenvalue weighted by Gasteiger charge is 2.03. The molecule has 0 spiro atoms. The normalized spacial score (nSPS) is 11.1. The number of benzene rings is 1. The van der Waals surface area contributed by atoms with Crippen molar-refractivity contribution in [1.82, 2.24) is 15.3 Å². The van der Waals surface area contributed by atoms with Gasteiger partial charge < -0.3 is 10.3 Å². The first-order valence-electron chi connectivity index (χ1n) is 6.68. The van der Waals surface area contributed by atoms with Crippen LogP contribution in [0.5, 0.6) is 0 Å². The molecule has 0 aliphatic carbocycles. The Morgan fingerprint density at radius 1 is 1.25 bits per heavy atom. The second kappa shape index (κ2) is 6.07. The minimum atomic E-state index is 0.760. The van der Waals surface area contributed by atoms with Crippen LogP contribution in [-0.2, 0) is 13.0 Å². The lowest BCUT2D eigenvalue weighted by Gasteiger charge is -2.04. The summed E-state index contributed by atoms with van der Waals surface area (Å²) in [4.78, 5) is 7.37. The number of pyridine rings is 1. The van der Waals surface area contributed by atoms with Crippen molar-refractivity contribution in [3.63, 3.8) is 0 Å². The van der Waals surface area contributed by atoms with Crippen LogP contribution in [0, 0.1) is 0 Å². The highest BCUT2D eigenvalue weighted by molar-refractivity contribution is 6.31. The molecule has 0 saturated carbocycles. The zero-order chi connectivity index (χ0) is 13.8. The van der Waals surface area contributed by atoms with Gasteiger partial charge in [-0.2, -0.15) is 0 Å². The average Bonchev–Trinajstić information content (AvgIpc) is 2.87. The van der Waals surface area contributed by atoms with Gasteiger partial charge in [0.1, 0.15) is 0 Å². The number of halogens is 1. The summed E-state index contributed by atoms with van der Waals surface area (Å²) < 4.78 is 0. The number of aromatic nitrogens is 2. The number of aromatic amines is 1. The summed E-state index contributed by atoms with van der Waals surface area (Å²) in [5.74, 6) is 0. The van der Waals surface area contributed by atoms with Crippen molar-refractivity contribution in [2.24, 2.45) is 0 Å². The van der Waals surface area contributed by atoms with Crippen LogP contribution in [0.3, 0.4) is 0 Å². The number of nitrogens with one attached hydrogen (secondary N) is 2. The van der Waals surface area contributed by atoms with Gasteiger partial charge in [0.05, 0.1) is 0 Å². The van der Waals surface area contributed by atoms with E-state index >= 15 is 0 Å². The third-order valence-corrected chi connectivity index (χ3v) is 3.59. The van der Waals surface area contributed by atoms with E-state index in [9.17, 15) is 0 Å². The largest absolute Gasteiger partial charge is 0.361 e. The summed E-state index contributed by atoms with van der Waals surface area (Å²) in [6, 6.07) is 10.0. The molecule has 0 atom stereocenters. The van der Waals surface area contributed by atoms with Crippen LogP contribution < -0.4 is 5.32 Å². The van der Waals surface area contributed by atoms with Crippen LogP contribution in [-0.4, -0.2) is 16.5 Å². The molecule has 0 amide bonds. The first-order valence-corrected chi connectivity index (χ1v) is 7.06. The molecule has 0 saturated heterocycles. The number of hydrogen-bond acceptors (Lipinski definition) is 2. The van der Waals surface area contributed by atoms with Crippen molar-refractivity contribution in [2.45, 2.75) is 13.0 Å². The van der Waals surface area contributed by atoms with Gasteiger partial charge in [0, 0.05) is 41.1 Å². The molecule has 0 bridgehead atoms. The van der Waals surface area contributed by atoms with Gasteiger partial charge in [0.2, 0.25) is 0 Å². The third-order valence-electron chi connectivity index (χ3n) is 3.36. The molecule has 0 aliphatic rings. The lowest BCUT2D eigenvalue weighted by atomic mass is 10.1. The maximum absolute atomic E-state index is 5.98. The van der Waals surface area contributed by atoms with Gasteiger partial charge in [-0.3, -0.25) is 4.98 Å². The van der Waals surface area contributed by atoms with Crippen LogP contribution in [0.2, 0.25) is 5.02 Å². The van der Waals surface area contributed by atoms with E-state index in [2.05, 4.69) is 27.4 Å². The molecule has 1 aromatic carbocycles. The predicted molar refractivity (Wildman–Crippen MR) is 83.0 cm³/mol. The van der Waals surface area contributed by atoms with Gasteiger partial charge in [-0.15, -0.1) is 0 Å². The van der Waals surface area contributed by atoms with Crippen LogP contribution >= 0.6 is 11.6 Å². The van der Waals surface area contributed by atoms with Crippen LogP contribution in [0.1, 0.15) is 11.1 Å². The second-order valence-electron chi connectivity index (χ2n) is 4.79. The van der Waals surface area contributed by atoms with Gasteiger partial charge in [0.15, 0.2) is 0 Å². The fourth-order valence-corrected chi connectivity index (χ4v) is 2.48. The molecule has 2 aromatic heterocycles. The number of hydrogen-bond donors (Lipinski definition) is 2. The lowest BCUT2D eigenvalue weighted by molar-refractivity contribution is 0.688. The van der Waals surface area contributed by atoms with Crippen molar-refractivity contribution >= 4 is 22.5 Å². The van der Waals surface area contributed by atoms with Gasteiger partial charge in [-0.05, 0) is 42.3 Å². The van der Waals surface area contributed by atoms with Crippen molar-refractivity contribution in [1.29, 1.82) is 0 Å². The molecule has 2 N–H and O–H groups in total. The molecule has 0 radical (unpaired) electrons. The fraction of sp³-hybridized carbons (Fsp3) is 0.188. The SMILES string of the molecule is Clc1ccc2c(CNCCc3cccnc3)c[nH]c2c1. The van der Waals surface area contributed by atoms with E-state index in [1.807, 2.05) is 30.6 Å². The zero-order valence-corrected chi connectivity index (χ0v) is 11.8. The summed E-state index contributed by atoms with van der Waals surface area (Å²) in [5.41, 5.74) is 3.61. The minimum absolute atomic E-state index is 0.760. The number of H-pyrrole nitrogens is 1. The maximum Gasteiger partial charge on any atom is 0.0472 e. The van der Waals surface area contributed by atoms with E-state index in [4.69, 9.17) is 11.6 Å². The topological polar surface area (TPSA) is 40.7 Å². The standard InChI is InChI=1S/C16H16ClN3/c17-14-3-4-15-13(11-20-16(15)8-14)10-19-7-5-12-2-1-6-18-9-12/h1-4,6,8-9,11,19-20H,5,7,10H2. The maximum atomic E-state index is 5.98. The summed E-state index contributed by atoms with van der Waals surface area (Å²) >= 11 is 5.98. The lowest BCUT2D eigenvalue weighted by Crippen LogP contribution is -2.16. The van der Waals surface area contributed by atoms with E-state index in [1.54, 1.807) is 6.20 Å². The van der Waals surface area contributed by atoms with Gasteiger partial charge in [-0.1, -0.05) is 23.7 Å². The summed E-state index contributed by atoms with van der Waals surface area (Å²) in [6.45, 7) is 1.79. The first kappa shape index (κ1) is 13.2. The first-order chi connectivity index (χ1) is 9.83. The van der Waals surface area contributed by atoms with E-state index in [-0.39, 0.29) is 0 Å². The van der Waals surface area contributed by atoms with E-state index < -0.39 is 0 Å². The highest BCUT2D eigenvalue weighted by Crippen LogP contribution is 2.21. The fourth-order valence-electron chi connectivity index (χ4n) is 2.31. The highest BCUT2D eigenvalue weighted by atomic mass is 35.5. The smallest absolute Gasteiger partial charge is 0.0472 e. The molecular weight excluding hydrogens is 270 g/mol. The Morgan fingerprint density at radius 3 is 3.05 bits per heavy atom. The summed E-state index contributed by atoms with van der Waals surface area (Å²) in [6.07, 6.45) is 6.74. The third kappa shape index (κ3) is 3.00. The van der Waals surface area contributed by atoms with Crippen molar-refractivity contribution in [3.8, 4) is 0 Å². The molecule has 102 valence electrons. The molecule has 0 fully saturated rings. The summed E-state index contributed by atoms with van der Waals surface area (Å²) in [5, 5.41) is 5.45. The molecule has 0 aliphatic heterocycles. The van der Waals surface area contributed by atoms with Crippen molar-refractivity contribution < 1.29 is 0 Å². The second-order valence-corrected chi connectivity index (χ2v) is 5.23. The van der Waals surface area contributed by atoms with Crippen LogP contribution in [0.4, 0.5) is 0 Å². The Balaban J connectivity index is 1.58. The monoisotopic (exact) mass is 285 g/mol. The Kier molecular flexibility index (Phi) is 4.00.